The van der Waals surface area contributed by atoms with Gasteiger partial charge in [0, 0.05) is 0 Å². The molecular weight excluding hydrogens is 224 g/mol. The van der Waals surface area contributed by atoms with E-state index in [1.807, 2.05) is 0 Å². The highest BCUT2D eigenvalue weighted by atomic mass is 16.3. The van der Waals surface area contributed by atoms with E-state index in [4.69, 9.17) is 0 Å². The predicted molar refractivity (Wildman–Crippen MR) is 62.2 cm³/mol. The molecule has 1 heterocycles. The van der Waals surface area contributed by atoms with Crippen LogP contribution in [-0.2, 0) is 6.54 Å². The van der Waals surface area contributed by atoms with Gasteiger partial charge in [0.1, 0.15) is 5.75 Å². The number of nitrogens with one attached hydrogen (secondary N) is 1. The molecule has 2 aromatic rings. The number of aromatic hydroxyl groups is 1. The van der Waals surface area contributed by atoms with Crippen LogP contribution in [0.1, 0.15) is 6.92 Å². The molecule has 0 saturated heterocycles. The summed E-state index contributed by atoms with van der Waals surface area (Å²) < 4.78 is 0.909. The van der Waals surface area contributed by atoms with Gasteiger partial charge < -0.3 is 15.2 Å². The van der Waals surface area contributed by atoms with Crippen molar-refractivity contribution < 1.29 is 10.2 Å². The van der Waals surface area contributed by atoms with Gasteiger partial charge in [-0.05, 0) is 25.1 Å². The quantitative estimate of drug-likeness (QED) is 0.671. The van der Waals surface area contributed by atoms with Gasteiger partial charge in [-0.25, -0.2) is 4.79 Å². The summed E-state index contributed by atoms with van der Waals surface area (Å²) >= 11 is 0. The molecule has 0 aliphatic carbocycles. The van der Waals surface area contributed by atoms with Gasteiger partial charge in [0.2, 0.25) is 0 Å². The average Bonchev–Trinajstić information content (AvgIpc) is 2.25. The number of nitrogens with zero attached hydrogens (tertiary/aromatic N) is 1. The second-order valence-corrected chi connectivity index (χ2v) is 3.92. The van der Waals surface area contributed by atoms with Gasteiger partial charge >= 0.3 is 5.69 Å². The summed E-state index contributed by atoms with van der Waals surface area (Å²) in [6, 6.07) is 4.13. The minimum absolute atomic E-state index is 0.0507. The fourth-order valence-corrected chi connectivity index (χ4v) is 1.67. The molecule has 1 aromatic heterocycles. The van der Waals surface area contributed by atoms with Crippen LogP contribution in [0, 0.1) is 0 Å². The Morgan fingerprint density at radius 3 is 2.76 bits per heavy atom. The van der Waals surface area contributed by atoms with E-state index in [1.165, 1.54) is 25.1 Å². The molecule has 2 rings (SSSR count). The van der Waals surface area contributed by atoms with Crippen molar-refractivity contribution in [2.24, 2.45) is 0 Å². The van der Waals surface area contributed by atoms with Gasteiger partial charge in [-0.15, -0.1) is 0 Å². The van der Waals surface area contributed by atoms with E-state index in [2.05, 4.69) is 4.98 Å². The maximum Gasteiger partial charge on any atom is 0.328 e. The monoisotopic (exact) mass is 236 g/mol. The summed E-state index contributed by atoms with van der Waals surface area (Å²) in [5, 5.41) is 18.7. The number of aliphatic hydroxyl groups is 1. The normalized spacial score (nSPS) is 12.8. The summed E-state index contributed by atoms with van der Waals surface area (Å²) in [6.07, 6.45) is -0.802. The molecular formula is C11H12N2O4. The van der Waals surface area contributed by atoms with Gasteiger partial charge in [-0.1, -0.05) is 0 Å². The second kappa shape index (κ2) is 4.06. The third-order valence-corrected chi connectivity index (χ3v) is 2.41. The molecule has 0 amide bonds. The molecule has 0 bridgehead atoms. The van der Waals surface area contributed by atoms with E-state index in [0.717, 1.165) is 4.57 Å². The standard InChI is InChI=1S/C11H12N2O4/c1-6(14)5-13-10(16)8-4-7(15)2-3-9(8)12-11(13)17/h2-4,6,14-15H,5H2,1H3,(H,12,17). The first-order chi connectivity index (χ1) is 7.99. The zero-order valence-corrected chi connectivity index (χ0v) is 9.17. The molecule has 0 aliphatic heterocycles. The predicted octanol–water partition coefficient (Wildman–Crippen LogP) is -0.224. The van der Waals surface area contributed by atoms with Crippen LogP contribution < -0.4 is 11.2 Å². The molecule has 0 spiro atoms. The first-order valence-corrected chi connectivity index (χ1v) is 5.13. The average molecular weight is 236 g/mol. The molecule has 6 heteroatoms. The first-order valence-electron chi connectivity index (χ1n) is 5.13. The van der Waals surface area contributed by atoms with Gasteiger partial charge in [0.15, 0.2) is 0 Å². The number of hydrogen-bond acceptors (Lipinski definition) is 4. The Bertz CT molecular complexity index is 669. The molecule has 0 saturated carbocycles. The van der Waals surface area contributed by atoms with Crippen LogP contribution in [0.3, 0.4) is 0 Å². The Labute approximate surface area is 95.8 Å². The van der Waals surface area contributed by atoms with Crippen LogP contribution in [0.4, 0.5) is 0 Å². The Kier molecular flexibility index (Phi) is 2.72. The van der Waals surface area contributed by atoms with E-state index in [1.54, 1.807) is 0 Å². The van der Waals surface area contributed by atoms with Crippen LogP contribution in [0.25, 0.3) is 10.9 Å². The van der Waals surface area contributed by atoms with Crippen molar-refractivity contribution >= 4 is 10.9 Å². The molecule has 0 fully saturated rings. The number of fused-ring (bicyclic) bond motifs is 1. The fourth-order valence-electron chi connectivity index (χ4n) is 1.67. The molecule has 6 nitrogen and oxygen atoms in total. The molecule has 1 atom stereocenters. The second-order valence-electron chi connectivity index (χ2n) is 3.92. The Balaban J connectivity index is 2.78. The van der Waals surface area contributed by atoms with Crippen molar-refractivity contribution in [1.82, 2.24) is 9.55 Å². The fraction of sp³-hybridized carbons (Fsp3) is 0.273. The van der Waals surface area contributed by atoms with Gasteiger partial charge in [-0.2, -0.15) is 0 Å². The van der Waals surface area contributed by atoms with E-state index < -0.39 is 17.4 Å². The lowest BCUT2D eigenvalue weighted by Crippen LogP contribution is -2.37. The summed E-state index contributed by atoms with van der Waals surface area (Å²) in [5.41, 5.74) is -0.741. The third kappa shape index (κ3) is 2.07. The van der Waals surface area contributed by atoms with E-state index in [-0.39, 0.29) is 17.7 Å². The topological polar surface area (TPSA) is 95.3 Å². The number of phenols is 1. The third-order valence-electron chi connectivity index (χ3n) is 2.41. The molecule has 3 N–H and O–H groups in total. The number of aromatic amines is 1. The van der Waals surface area contributed by atoms with Crippen molar-refractivity contribution in [2.45, 2.75) is 19.6 Å². The van der Waals surface area contributed by atoms with Gasteiger partial charge in [-0.3, -0.25) is 9.36 Å². The minimum Gasteiger partial charge on any atom is -0.508 e. The number of aliphatic hydroxyl groups excluding tert-OH is 1. The molecule has 90 valence electrons. The first kappa shape index (κ1) is 11.4. The smallest absolute Gasteiger partial charge is 0.328 e. The summed E-state index contributed by atoms with van der Waals surface area (Å²) in [5.74, 6) is -0.0507. The highest BCUT2D eigenvalue weighted by Crippen LogP contribution is 2.13. The highest BCUT2D eigenvalue weighted by molar-refractivity contribution is 5.78. The maximum absolute atomic E-state index is 12.0. The minimum atomic E-state index is -0.802. The highest BCUT2D eigenvalue weighted by Gasteiger charge is 2.09. The van der Waals surface area contributed by atoms with Crippen LogP contribution in [0.15, 0.2) is 27.8 Å². The molecule has 0 radical (unpaired) electrons. The van der Waals surface area contributed by atoms with Gasteiger partial charge in [0.05, 0.1) is 23.6 Å². The van der Waals surface area contributed by atoms with Crippen molar-refractivity contribution in [2.75, 3.05) is 0 Å². The lowest BCUT2D eigenvalue weighted by molar-refractivity contribution is 0.170. The zero-order chi connectivity index (χ0) is 12.6. The summed E-state index contributed by atoms with van der Waals surface area (Å²) in [4.78, 5) is 26.1. The SMILES string of the molecule is CC(O)Cn1c(=O)[nH]c2ccc(O)cc2c1=O. The van der Waals surface area contributed by atoms with E-state index in [9.17, 15) is 19.8 Å². The van der Waals surface area contributed by atoms with Crippen molar-refractivity contribution in [3.63, 3.8) is 0 Å². The maximum atomic E-state index is 12.0. The number of H-pyrrole nitrogens is 1. The molecule has 1 aromatic carbocycles. The number of benzene rings is 1. The van der Waals surface area contributed by atoms with Crippen molar-refractivity contribution in [1.29, 1.82) is 0 Å². The zero-order valence-electron chi connectivity index (χ0n) is 9.17. The molecule has 17 heavy (non-hydrogen) atoms. The molecule has 1 unspecified atom stereocenters. The Hall–Kier alpha value is -2.08. The number of aromatic nitrogens is 2. The lowest BCUT2D eigenvalue weighted by atomic mass is 10.2. The summed E-state index contributed by atoms with van der Waals surface area (Å²) in [6.45, 7) is 1.40. The molecule has 0 aliphatic rings. The van der Waals surface area contributed by atoms with Crippen molar-refractivity contribution in [3.8, 4) is 5.75 Å². The van der Waals surface area contributed by atoms with Gasteiger partial charge in [0.25, 0.3) is 5.56 Å². The van der Waals surface area contributed by atoms with E-state index >= 15 is 0 Å². The lowest BCUT2D eigenvalue weighted by Gasteiger charge is -2.08. The number of hydrogen-bond donors (Lipinski definition) is 3. The van der Waals surface area contributed by atoms with E-state index in [0.29, 0.717) is 5.52 Å². The number of rotatable bonds is 2. The van der Waals surface area contributed by atoms with Crippen LogP contribution in [-0.4, -0.2) is 25.9 Å². The largest absolute Gasteiger partial charge is 0.508 e. The Morgan fingerprint density at radius 2 is 2.12 bits per heavy atom. The van der Waals surface area contributed by atoms with Crippen molar-refractivity contribution in [3.05, 3.63) is 39.0 Å². The van der Waals surface area contributed by atoms with Crippen LogP contribution in [0.2, 0.25) is 0 Å². The Morgan fingerprint density at radius 1 is 1.41 bits per heavy atom. The van der Waals surface area contributed by atoms with Crippen LogP contribution in [0.5, 0.6) is 5.75 Å². The summed E-state index contributed by atoms with van der Waals surface area (Å²) in [7, 11) is 0. The number of phenolic OH excluding ortho intramolecular Hbond substituents is 1. The van der Waals surface area contributed by atoms with Crippen LogP contribution >= 0.6 is 0 Å².